The number of phenolic OH excluding ortho intramolecular Hbond substituents is 1. The number of hydrogen-bond acceptors (Lipinski definition) is 5. The quantitative estimate of drug-likeness (QED) is 0.455. The number of hydrogen-bond donors (Lipinski definition) is 1. The van der Waals surface area contributed by atoms with Gasteiger partial charge in [-0.15, -0.1) is 10.2 Å². The van der Waals surface area contributed by atoms with E-state index in [1.807, 2.05) is 0 Å². The molecule has 2 rings (SSSR count). The Balaban J connectivity index is 2.30. The number of azo groups is 1. The maximum absolute atomic E-state index is 11.8. The second kappa shape index (κ2) is 5.90. The Labute approximate surface area is 136 Å². The number of amides is 1. The van der Waals surface area contributed by atoms with Crippen molar-refractivity contribution in [1.82, 2.24) is 5.01 Å². The van der Waals surface area contributed by atoms with E-state index in [0.717, 1.165) is 5.01 Å². The molecule has 0 atom stereocenters. The molecule has 0 saturated heterocycles. The third-order valence-electron chi connectivity index (χ3n) is 2.24. The van der Waals surface area contributed by atoms with E-state index in [4.69, 9.17) is 12.2 Å². The normalized spacial score (nSPS) is 15.5. The van der Waals surface area contributed by atoms with Crippen LogP contribution in [0.15, 0.2) is 48.7 Å². The summed E-state index contributed by atoms with van der Waals surface area (Å²) in [7, 11) is 0. The van der Waals surface area contributed by atoms with Crippen molar-refractivity contribution in [2.24, 2.45) is 15.3 Å². The summed E-state index contributed by atoms with van der Waals surface area (Å²) in [5.74, 6) is -0.452. The van der Waals surface area contributed by atoms with E-state index in [1.165, 1.54) is 6.21 Å². The van der Waals surface area contributed by atoms with Crippen LogP contribution in [0.3, 0.4) is 0 Å². The summed E-state index contributed by atoms with van der Waals surface area (Å²) in [6.07, 6.45) is 1.41. The Morgan fingerprint density at radius 2 is 1.95 bits per heavy atom. The summed E-state index contributed by atoms with van der Waals surface area (Å²) in [5, 5.41) is 21.5. The van der Waals surface area contributed by atoms with E-state index >= 15 is 0 Å². The van der Waals surface area contributed by atoms with Crippen LogP contribution in [0, 0.1) is 0 Å². The van der Waals surface area contributed by atoms with E-state index in [-0.39, 0.29) is 16.6 Å². The summed E-state index contributed by atoms with van der Waals surface area (Å²) < 4.78 is 0.981. The van der Waals surface area contributed by atoms with Crippen LogP contribution < -0.4 is 0 Å². The standard InChI is InChI=1S/C11H6Br2N4O2S/c1-5-10(19)17(11(20)16-15-5)14-4-6-2-7(12)9(18)8(13)3-6/h2-4,18H,1H2/b14-4+. The lowest BCUT2D eigenvalue weighted by Gasteiger charge is -2.16. The van der Waals surface area contributed by atoms with E-state index < -0.39 is 5.91 Å². The maximum Gasteiger partial charge on any atom is 0.300 e. The van der Waals surface area contributed by atoms with Crippen LogP contribution in [0.25, 0.3) is 0 Å². The molecule has 0 aromatic heterocycles. The second-order valence-corrected chi connectivity index (χ2v) is 5.70. The Kier molecular flexibility index (Phi) is 4.41. The maximum atomic E-state index is 11.8. The smallest absolute Gasteiger partial charge is 0.300 e. The minimum atomic E-state index is -0.529. The molecule has 1 amide bonds. The van der Waals surface area contributed by atoms with Gasteiger partial charge < -0.3 is 5.11 Å². The van der Waals surface area contributed by atoms with Gasteiger partial charge >= 0.3 is 5.91 Å². The van der Waals surface area contributed by atoms with Crippen LogP contribution in [0.2, 0.25) is 0 Å². The van der Waals surface area contributed by atoms with Gasteiger partial charge in [-0.25, -0.2) is 0 Å². The molecule has 6 nitrogen and oxygen atoms in total. The van der Waals surface area contributed by atoms with Gasteiger partial charge in [-0.2, -0.15) is 10.1 Å². The summed E-state index contributed by atoms with van der Waals surface area (Å²) in [6.45, 7) is 3.44. The first-order valence-corrected chi connectivity index (χ1v) is 7.10. The molecule has 20 heavy (non-hydrogen) atoms. The number of thiocarbonyl (C=S) groups is 1. The Hall–Kier alpha value is -1.45. The van der Waals surface area contributed by atoms with Crippen molar-refractivity contribution in [2.75, 3.05) is 0 Å². The molecule has 1 aromatic rings. The highest BCUT2D eigenvalue weighted by Crippen LogP contribution is 2.32. The molecular weight excluding hydrogens is 412 g/mol. The van der Waals surface area contributed by atoms with Crippen molar-refractivity contribution >= 4 is 61.3 Å². The molecule has 102 valence electrons. The number of phenols is 1. The first-order chi connectivity index (χ1) is 9.40. The van der Waals surface area contributed by atoms with Gasteiger partial charge in [0.15, 0.2) is 0 Å². The number of carbonyl (C=O) groups excluding carboxylic acids is 1. The third kappa shape index (κ3) is 3.00. The number of benzene rings is 1. The lowest BCUT2D eigenvalue weighted by Crippen LogP contribution is -2.33. The van der Waals surface area contributed by atoms with Gasteiger partial charge in [-0.05, 0) is 61.8 Å². The fourth-order valence-electron chi connectivity index (χ4n) is 1.28. The zero-order valence-corrected chi connectivity index (χ0v) is 13.7. The van der Waals surface area contributed by atoms with Crippen molar-refractivity contribution in [3.8, 4) is 5.75 Å². The highest BCUT2D eigenvalue weighted by molar-refractivity contribution is 9.11. The van der Waals surface area contributed by atoms with E-state index in [2.05, 4.69) is 53.8 Å². The molecule has 0 aliphatic carbocycles. The SMILES string of the molecule is C=C1N=NC(=S)N(/N=C/c2cc(Br)c(O)c(Br)c2)C1=O. The van der Waals surface area contributed by atoms with Crippen LogP contribution in [0.5, 0.6) is 5.75 Å². The van der Waals surface area contributed by atoms with Crippen molar-refractivity contribution < 1.29 is 9.90 Å². The van der Waals surface area contributed by atoms with Gasteiger partial charge in [0.05, 0.1) is 15.2 Å². The fraction of sp³-hybridized carbons (Fsp3) is 0. The highest BCUT2D eigenvalue weighted by atomic mass is 79.9. The van der Waals surface area contributed by atoms with Crippen molar-refractivity contribution in [2.45, 2.75) is 0 Å². The average molecular weight is 418 g/mol. The molecule has 1 heterocycles. The van der Waals surface area contributed by atoms with Gasteiger partial charge in [0.25, 0.3) is 0 Å². The predicted molar refractivity (Wildman–Crippen MR) is 84.5 cm³/mol. The zero-order valence-electron chi connectivity index (χ0n) is 9.75. The largest absolute Gasteiger partial charge is 0.506 e. The van der Waals surface area contributed by atoms with Crippen LogP contribution in [0.1, 0.15) is 5.56 Å². The van der Waals surface area contributed by atoms with Crippen molar-refractivity contribution in [3.63, 3.8) is 0 Å². The Morgan fingerprint density at radius 1 is 1.35 bits per heavy atom. The topological polar surface area (TPSA) is 77.6 Å². The number of aromatic hydroxyl groups is 1. The minimum absolute atomic E-state index is 0.0381. The monoisotopic (exact) mass is 416 g/mol. The van der Waals surface area contributed by atoms with Crippen LogP contribution in [-0.2, 0) is 4.79 Å². The molecule has 0 radical (unpaired) electrons. The predicted octanol–water partition coefficient (Wildman–Crippen LogP) is 3.34. The lowest BCUT2D eigenvalue weighted by molar-refractivity contribution is -0.123. The molecule has 9 heteroatoms. The Morgan fingerprint density at radius 3 is 2.55 bits per heavy atom. The molecule has 0 bridgehead atoms. The van der Waals surface area contributed by atoms with E-state index in [1.54, 1.807) is 12.1 Å². The number of hydrazone groups is 1. The van der Waals surface area contributed by atoms with Gasteiger partial charge in [-0.3, -0.25) is 4.79 Å². The molecule has 0 fully saturated rings. The molecule has 0 unspecified atom stereocenters. The first-order valence-electron chi connectivity index (χ1n) is 5.11. The summed E-state index contributed by atoms with van der Waals surface area (Å²) in [6, 6.07) is 3.27. The lowest BCUT2D eigenvalue weighted by atomic mass is 10.2. The highest BCUT2D eigenvalue weighted by Gasteiger charge is 2.24. The summed E-state index contributed by atoms with van der Waals surface area (Å²) >= 11 is 11.3. The molecule has 0 saturated carbocycles. The molecule has 0 spiro atoms. The number of rotatable bonds is 2. The number of halogens is 2. The minimum Gasteiger partial charge on any atom is -0.506 e. The molecule has 1 aliphatic rings. The molecule has 1 aliphatic heterocycles. The molecule has 1 N–H and O–H groups in total. The molecular formula is C11H6Br2N4O2S. The van der Waals surface area contributed by atoms with Gasteiger partial charge in [0.2, 0.25) is 5.11 Å². The van der Waals surface area contributed by atoms with Gasteiger partial charge in [-0.1, -0.05) is 6.58 Å². The Bertz CT molecular complexity index is 664. The van der Waals surface area contributed by atoms with Gasteiger partial charge in [0, 0.05) is 0 Å². The van der Waals surface area contributed by atoms with E-state index in [0.29, 0.717) is 14.5 Å². The van der Waals surface area contributed by atoms with Crippen LogP contribution in [0.4, 0.5) is 0 Å². The zero-order chi connectivity index (χ0) is 14.9. The van der Waals surface area contributed by atoms with Gasteiger partial charge in [0.1, 0.15) is 11.4 Å². The van der Waals surface area contributed by atoms with Crippen molar-refractivity contribution in [1.29, 1.82) is 0 Å². The number of nitrogens with zero attached hydrogens (tertiary/aromatic N) is 4. The third-order valence-corrected chi connectivity index (χ3v) is 3.70. The van der Waals surface area contributed by atoms with Crippen molar-refractivity contribution in [3.05, 3.63) is 38.9 Å². The van der Waals surface area contributed by atoms with E-state index in [9.17, 15) is 9.90 Å². The van der Waals surface area contributed by atoms with Crippen LogP contribution >= 0.6 is 44.1 Å². The molecule has 1 aromatic carbocycles. The summed E-state index contributed by atoms with van der Waals surface area (Å²) in [5.41, 5.74) is 0.606. The number of carbonyl (C=O) groups is 1. The van der Waals surface area contributed by atoms with Crippen LogP contribution in [-0.4, -0.2) is 27.3 Å². The second-order valence-electron chi connectivity index (χ2n) is 3.62. The fourth-order valence-corrected chi connectivity index (χ4v) is 2.68. The first kappa shape index (κ1) is 14.9. The average Bonchev–Trinajstić information content (AvgIpc) is 2.40. The summed E-state index contributed by atoms with van der Waals surface area (Å²) in [4.78, 5) is 11.8.